The lowest BCUT2D eigenvalue weighted by atomic mass is 9.45. The average Bonchev–Trinajstić information content (AvgIpc) is 4.36. The molecule has 21 aromatic rings. The van der Waals surface area contributed by atoms with Crippen LogP contribution in [0.2, 0.25) is 0 Å². The molecular formula is C69H21N3. The Labute approximate surface area is 398 Å². The van der Waals surface area contributed by atoms with Crippen LogP contribution in [0.4, 0.5) is 0 Å². The van der Waals surface area contributed by atoms with Crippen LogP contribution in [0, 0.1) is 0 Å². The van der Waals surface area contributed by atoms with Crippen LogP contribution < -0.4 is 5.22 Å². The van der Waals surface area contributed by atoms with Crippen molar-refractivity contribution >= 4 is 232 Å². The van der Waals surface area contributed by atoms with Crippen molar-refractivity contribution in [3.05, 3.63) is 60.9 Å². The molecule has 0 bridgehead atoms. The van der Waals surface area contributed by atoms with Crippen molar-refractivity contribution in [1.29, 1.82) is 0 Å². The second-order valence-corrected chi connectivity index (χ2v) is 29.2. The molecule has 3 heterocycles. The minimum Gasteiger partial charge on any atom is -0.304 e. The third-order valence-corrected chi connectivity index (χ3v) is 29.1. The zero-order valence-electron chi connectivity index (χ0n) is 38.6. The molecule has 11 aliphatic carbocycles. The fourth-order valence-electron chi connectivity index (χ4n) is 30.1. The predicted molar refractivity (Wildman–Crippen MR) is 293 cm³/mol. The molecule has 35 rings (SSSR count). The van der Waals surface area contributed by atoms with Crippen molar-refractivity contribution in [2.24, 2.45) is 0 Å². The Balaban J connectivity index is 1.18. The summed E-state index contributed by atoms with van der Waals surface area (Å²) in [6.07, 6.45) is 0. The molecule has 3 saturated heterocycles. The Hall–Kier alpha value is -7.14. The van der Waals surface area contributed by atoms with Gasteiger partial charge in [-0.3, -0.25) is 0 Å². The molecule has 3 nitrogen and oxygen atoms in total. The molecule has 6 atom stereocenters. The minimum atomic E-state index is -0.124. The smallest absolute Gasteiger partial charge is 0.0505 e. The van der Waals surface area contributed by atoms with Gasteiger partial charge in [-0.15, -0.1) is 0 Å². The third kappa shape index (κ3) is 1.35. The molecular weight excluding hydrogens is 871 g/mol. The van der Waals surface area contributed by atoms with Gasteiger partial charge in [0.05, 0.1) is 21.7 Å². The van der Waals surface area contributed by atoms with E-state index >= 15 is 0 Å². The van der Waals surface area contributed by atoms with E-state index in [-0.39, 0.29) is 32.5 Å². The summed E-state index contributed by atoms with van der Waals surface area (Å²) in [5.74, 6) is 0. The number of rotatable bonds is 0. The number of nitrogens with zero attached hydrogens (tertiary/aromatic N) is 3. The van der Waals surface area contributed by atoms with Crippen LogP contribution in [0.3, 0.4) is 0 Å². The van der Waals surface area contributed by atoms with E-state index in [1.165, 1.54) is 0 Å². The van der Waals surface area contributed by atoms with Crippen LogP contribution >= 0.6 is 0 Å². The summed E-state index contributed by atoms with van der Waals surface area (Å²) in [6, 6.07) is 0. The number of benzene rings is 14. The van der Waals surface area contributed by atoms with Gasteiger partial charge in [0.25, 0.3) is 0 Å². The lowest BCUT2D eigenvalue weighted by Crippen LogP contribution is -2.59. The molecule has 0 amide bonds. The maximum Gasteiger partial charge on any atom is 0.0505 e. The Morgan fingerprint density at radius 3 is 0.583 bits per heavy atom. The lowest BCUT2D eigenvalue weighted by molar-refractivity contribution is 0.377. The monoisotopic (exact) mass is 891 g/mol. The van der Waals surface area contributed by atoms with Crippen LogP contribution in [-0.4, -0.2) is 75.1 Å². The molecule has 6 unspecified atom stereocenters. The Morgan fingerprint density at radius 1 is 0.181 bits per heavy atom. The normalized spacial score (nSPS) is 34.1. The second kappa shape index (κ2) is 5.95. The first kappa shape index (κ1) is 27.6. The third-order valence-electron chi connectivity index (χ3n) is 29.1. The van der Waals surface area contributed by atoms with Crippen LogP contribution in [0.5, 0.6) is 0 Å². The van der Waals surface area contributed by atoms with Gasteiger partial charge in [0.2, 0.25) is 0 Å². The van der Waals surface area contributed by atoms with Crippen LogP contribution in [-0.2, 0) is 32.5 Å². The highest BCUT2D eigenvalue weighted by Gasteiger charge is 2.84. The summed E-state index contributed by atoms with van der Waals surface area (Å²) in [5.41, 5.74) is 19.9. The van der Waals surface area contributed by atoms with Crippen molar-refractivity contribution in [2.75, 3.05) is 60.4 Å². The second-order valence-electron chi connectivity index (χ2n) is 29.2. The number of likely N-dealkylation sites (tertiary alicyclic amines) is 3. The van der Waals surface area contributed by atoms with Gasteiger partial charge >= 0.3 is 0 Å². The number of hydrogen-bond donors (Lipinski definition) is 0. The van der Waals surface area contributed by atoms with E-state index in [2.05, 4.69) is 35.8 Å². The fraction of sp³-hybridized carbons (Fsp3) is 0.217. The molecule has 3 fully saturated rings. The van der Waals surface area contributed by atoms with Gasteiger partial charge in [0.15, 0.2) is 0 Å². The molecule has 312 valence electrons. The first-order valence-corrected chi connectivity index (χ1v) is 27.9. The zero-order valence-corrected chi connectivity index (χ0v) is 38.6. The molecule has 6 spiro atoms. The molecule has 14 aliphatic rings. The Bertz CT molecular complexity index is 6750. The van der Waals surface area contributed by atoms with E-state index in [4.69, 9.17) is 0 Å². The van der Waals surface area contributed by atoms with Crippen molar-refractivity contribution < 1.29 is 0 Å². The SMILES string of the molecule is CN1CC23C4=c5c6c7c8c9c%10c6c6c%11c%12c%13c(c56)C56CN(C)CC45c4c2c2c5c(c8c8c%14c9c9c%15c%16c(c%12c%12c%17c%13c6c6c4c4c2c2c5c8c5c%14c%15c8c%16c%12c%12c%17c6c4c4c2c5c8c%124)C%112CN(C)CC%1092)C73C1. The van der Waals surface area contributed by atoms with Gasteiger partial charge in [-0.05, 0) is 314 Å². The summed E-state index contributed by atoms with van der Waals surface area (Å²) in [5, 5.41) is 75.2. The molecule has 3 aliphatic heterocycles. The molecule has 0 saturated carbocycles. The maximum absolute atomic E-state index is 2.94. The largest absolute Gasteiger partial charge is 0.304 e. The van der Waals surface area contributed by atoms with E-state index in [1.54, 1.807) is 215 Å². The van der Waals surface area contributed by atoms with Crippen molar-refractivity contribution in [3.63, 3.8) is 0 Å². The highest BCUT2D eigenvalue weighted by Crippen LogP contribution is 2.90. The van der Waals surface area contributed by atoms with Gasteiger partial charge in [-0.2, -0.15) is 0 Å². The first-order chi connectivity index (χ1) is 35.5. The molecule has 0 N–H and O–H groups in total. The van der Waals surface area contributed by atoms with Crippen molar-refractivity contribution in [1.82, 2.24) is 14.7 Å². The fourth-order valence-corrected chi connectivity index (χ4v) is 30.1. The van der Waals surface area contributed by atoms with Crippen LogP contribution in [0.15, 0.2) is 0 Å². The number of likely N-dealkylation sites (N-methyl/N-ethyl adjacent to an activating group) is 3. The van der Waals surface area contributed by atoms with Gasteiger partial charge in [-0.1, -0.05) is 0 Å². The van der Waals surface area contributed by atoms with E-state index < -0.39 is 0 Å². The van der Waals surface area contributed by atoms with E-state index in [9.17, 15) is 0 Å². The Morgan fingerprint density at radius 2 is 0.333 bits per heavy atom. The summed E-state index contributed by atoms with van der Waals surface area (Å²) >= 11 is 0. The summed E-state index contributed by atoms with van der Waals surface area (Å²) in [6.45, 7) is 6.85. The summed E-state index contributed by atoms with van der Waals surface area (Å²) in [7, 11) is 7.75. The number of hydrogen-bond acceptors (Lipinski definition) is 3. The van der Waals surface area contributed by atoms with Crippen LogP contribution in [0.25, 0.3) is 232 Å². The summed E-state index contributed by atoms with van der Waals surface area (Å²) in [4.78, 5) is 8.79. The topological polar surface area (TPSA) is 9.72 Å². The molecule has 21 aromatic carbocycles. The summed E-state index contributed by atoms with van der Waals surface area (Å²) < 4.78 is 0. The van der Waals surface area contributed by atoms with Gasteiger partial charge in [0, 0.05) is 50.1 Å². The Kier molecular flexibility index (Phi) is 2.28. The molecule has 72 heavy (non-hydrogen) atoms. The molecule has 0 radical (unpaired) electrons. The van der Waals surface area contributed by atoms with E-state index in [1.807, 2.05) is 77.2 Å². The van der Waals surface area contributed by atoms with E-state index in [0.717, 1.165) is 39.3 Å². The highest BCUT2D eigenvalue weighted by molar-refractivity contribution is 6.75. The van der Waals surface area contributed by atoms with Gasteiger partial charge in [-0.25, -0.2) is 0 Å². The van der Waals surface area contributed by atoms with Gasteiger partial charge in [0.1, 0.15) is 0 Å². The minimum absolute atomic E-state index is 0.116. The highest BCUT2D eigenvalue weighted by atomic mass is 15.2. The molecule has 3 heteroatoms. The lowest BCUT2D eigenvalue weighted by Gasteiger charge is -2.54. The van der Waals surface area contributed by atoms with Gasteiger partial charge < -0.3 is 14.7 Å². The average molecular weight is 892 g/mol. The van der Waals surface area contributed by atoms with Crippen LogP contribution in [0.1, 0.15) is 55.6 Å². The standard InChI is InChI=1S/C69H21N3/c1-70-4-64-53-34-24-17-12-10-13-14-11(12)16-19-25(17)35(34)54-39-29(19)31-21(16)27-23(14)33-32-22(13)26-20-15(10)18(24)28-30(20)40-46-44(38(28)53)57(64)48-49-51-52-50(48)59(46)66-6-71(2)8-68(66)61(42(32)36(26)55(40)66)62-43(33)37(27)56-41(31)47(45(39)58(49)65(54,64)5-70)60(51)67(56)7-72(3)9-69(62,67)63(52)68/h4-9H2,1-3H3. The van der Waals surface area contributed by atoms with Crippen molar-refractivity contribution in [2.45, 2.75) is 32.5 Å². The van der Waals surface area contributed by atoms with Crippen molar-refractivity contribution in [3.8, 4) is 0 Å². The molecule has 0 aromatic heterocycles. The quantitative estimate of drug-likeness (QED) is 0.140. The predicted octanol–water partition coefficient (Wildman–Crippen LogP) is 12.4. The first-order valence-electron chi connectivity index (χ1n) is 27.9. The zero-order chi connectivity index (χ0) is 43.2. The van der Waals surface area contributed by atoms with E-state index in [0.29, 0.717) is 0 Å². The maximum atomic E-state index is 2.94.